The first-order valence-electron chi connectivity index (χ1n) is 5.12. The minimum atomic E-state index is -0.532. The average Bonchev–Trinajstić information content (AvgIpc) is 2.41. The maximum atomic E-state index is 13.7. The van der Waals surface area contributed by atoms with Gasteiger partial charge in [-0.25, -0.2) is 9.37 Å². The molecule has 4 nitrogen and oxygen atoms in total. The quantitative estimate of drug-likeness (QED) is 0.586. The molecule has 0 atom stereocenters. The summed E-state index contributed by atoms with van der Waals surface area (Å²) in [6.07, 6.45) is 1.27. The summed E-state index contributed by atoms with van der Waals surface area (Å²) in [4.78, 5) is 15.7. The second-order valence-electron chi connectivity index (χ2n) is 3.70. The van der Waals surface area contributed by atoms with Crippen LogP contribution in [0.4, 0.5) is 4.39 Å². The number of hydrogen-bond acceptors (Lipinski definition) is 3. The summed E-state index contributed by atoms with van der Waals surface area (Å²) in [6, 6.07) is 5.95. The van der Waals surface area contributed by atoms with Crippen molar-refractivity contribution < 1.29 is 4.39 Å². The largest absolute Gasteiger partial charge is 0.294 e. The second-order valence-corrected chi connectivity index (χ2v) is 5.14. The third-order valence-corrected chi connectivity index (χ3v) is 4.04. The first kappa shape index (κ1) is 14.0. The highest BCUT2D eigenvalue weighted by Crippen LogP contribution is 2.13. The SMILES string of the molecule is N#Cc1ccc(Cn2cnc(Cl)c(I)c2=O)c(F)c1. The molecule has 1 aromatic carbocycles. The highest BCUT2D eigenvalue weighted by atomic mass is 127. The van der Waals surface area contributed by atoms with Crippen molar-refractivity contribution in [2.75, 3.05) is 0 Å². The standard InChI is InChI=1S/C12H6ClFIN3O/c13-11-10(15)12(19)18(6-17-11)5-8-2-1-7(4-16)3-9(8)14/h1-3,6H,5H2. The van der Waals surface area contributed by atoms with Crippen molar-refractivity contribution in [2.24, 2.45) is 0 Å². The number of benzene rings is 1. The highest BCUT2D eigenvalue weighted by Gasteiger charge is 2.09. The number of nitrogens with zero attached hydrogens (tertiary/aromatic N) is 3. The van der Waals surface area contributed by atoms with Gasteiger partial charge >= 0.3 is 0 Å². The van der Waals surface area contributed by atoms with Gasteiger partial charge in [-0.2, -0.15) is 5.26 Å². The Bertz CT molecular complexity index is 739. The lowest BCUT2D eigenvalue weighted by Crippen LogP contribution is -2.24. The molecule has 96 valence electrons. The molecular formula is C12H6ClFIN3O. The average molecular weight is 390 g/mol. The van der Waals surface area contributed by atoms with Crippen LogP contribution in [0.1, 0.15) is 11.1 Å². The third kappa shape index (κ3) is 2.93. The Balaban J connectivity index is 2.40. The van der Waals surface area contributed by atoms with Crippen LogP contribution in [-0.2, 0) is 6.54 Å². The Kier molecular flexibility index (Phi) is 4.17. The van der Waals surface area contributed by atoms with E-state index in [2.05, 4.69) is 4.98 Å². The number of halogens is 3. The van der Waals surface area contributed by atoms with Crippen LogP contribution in [0.5, 0.6) is 0 Å². The van der Waals surface area contributed by atoms with Gasteiger partial charge < -0.3 is 0 Å². The first-order valence-corrected chi connectivity index (χ1v) is 6.57. The summed E-state index contributed by atoms with van der Waals surface area (Å²) in [6.45, 7) is 0.0382. The van der Waals surface area contributed by atoms with Gasteiger partial charge in [0.25, 0.3) is 5.56 Å². The van der Waals surface area contributed by atoms with Crippen molar-refractivity contribution in [3.05, 3.63) is 60.5 Å². The fourth-order valence-corrected chi connectivity index (χ4v) is 2.06. The van der Waals surface area contributed by atoms with Crippen LogP contribution in [0.15, 0.2) is 29.3 Å². The van der Waals surface area contributed by atoms with Crippen molar-refractivity contribution in [3.63, 3.8) is 0 Å². The van der Waals surface area contributed by atoms with Crippen LogP contribution >= 0.6 is 34.2 Å². The maximum Gasteiger partial charge on any atom is 0.268 e. The van der Waals surface area contributed by atoms with Crippen molar-refractivity contribution >= 4 is 34.2 Å². The zero-order valence-corrected chi connectivity index (χ0v) is 12.3. The zero-order chi connectivity index (χ0) is 14.0. The molecule has 0 aliphatic rings. The van der Waals surface area contributed by atoms with E-state index in [1.54, 1.807) is 22.6 Å². The molecule has 0 radical (unpaired) electrons. The van der Waals surface area contributed by atoms with E-state index >= 15 is 0 Å². The maximum absolute atomic E-state index is 13.7. The molecule has 0 spiro atoms. The molecule has 0 fully saturated rings. The van der Waals surface area contributed by atoms with Crippen LogP contribution in [0.25, 0.3) is 0 Å². The molecule has 0 saturated carbocycles. The minimum absolute atomic E-state index is 0.0382. The van der Waals surface area contributed by atoms with Gasteiger partial charge in [-0.05, 0) is 34.7 Å². The fraction of sp³-hybridized carbons (Fsp3) is 0.0833. The molecule has 0 bridgehead atoms. The van der Waals surface area contributed by atoms with Crippen LogP contribution in [0, 0.1) is 20.7 Å². The molecule has 2 rings (SSSR count). The lowest BCUT2D eigenvalue weighted by atomic mass is 10.1. The van der Waals surface area contributed by atoms with E-state index < -0.39 is 5.82 Å². The molecule has 7 heteroatoms. The summed E-state index contributed by atoms with van der Waals surface area (Å²) in [5.74, 6) is -0.532. The normalized spacial score (nSPS) is 10.2. The van der Waals surface area contributed by atoms with Crippen LogP contribution in [0.3, 0.4) is 0 Å². The van der Waals surface area contributed by atoms with E-state index in [-0.39, 0.29) is 26.4 Å². The van der Waals surface area contributed by atoms with Crippen LogP contribution in [0.2, 0.25) is 5.15 Å². The lowest BCUT2D eigenvalue weighted by Gasteiger charge is -2.07. The topological polar surface area (TPSA) is 58.7 Å². The van der Waals surface area contributed by atoms with Crippen molar-refractivity contribution in [1.82, 2.24) is 9.55 Å². The predicted molar refractivity (Wildman–Crippen MR) is 76.4 cm³/mol. The van der Waals surface area contributed by atoms with Gasteiger partial charge in [0.1, 0.15) is 14.5 Å². The molecule has 0 N–H and O–H groups in total. The van der Waals surface area contributed by atoms with Crippen molar-refractivity contribution in [2.45, 2.75) is 6.54 Å². The van der Waals surface area contributed by atoms with Crippen molar-refractivity contribution in [1.29, 1.82) is 5.26 Å². The van der Waals surface area contributed by atoms with E-state index in [1.807, 2.05) is 6.07 Å². The van der Waals surface area contributed by atoms with E-state index in [4.69, 9.17) is 16.9 Å². The molecule has 1 heterocycles. The Morgan fingerprint density at radius 3 is 2.89 bits per heavy atom. The molecule has 19 heavy (non-hydrogen) atoms. The predicted octanol–water partition coefficient (Wildman–Crippen LogP) is 2.56. The van der Waals surface area contributed by atoms with Gasteiger partial charge in [-0.3, -0.25) is 9.36 Å². The number of rotatable bonds is 2. The van der Waals surface area contributed by atoms with Gasteiger partial charge in [0, 0.05) is 5.56 Å². The Morgan fingerprint density at radius 1 is 1.53 bits per heavy atom. The molecule has 0 aliphatic heterocycles. The third-order valence-electron chi connectivity index (χ3n) is 2.46. The van der Waals surface area contributed by atoms with Gasteiger partial charge in [0.2, 0.25) is 0 Å². The lowest BCUT2D eigenvalue weighted by molar-refractivity contribution is 0.593. The molecule has 0 saturated heterocycles. The van der Waals surface area contributed by atoms with E-state index in [1.165, 1.54) is 23.0 Å². The molecule has 0 aliphatic carbocycles. The molecular weight excluding hydrogens is 384 g/mol. The first-order chi connectivity index (χ1) is 9.02. The van der Waals surface area contributed by atoms with Crippen LogP contribution in [-0.4, -0.2) is 9.55 Å². The van der Waals surface area contributed by atoms with Gasteiger partial charge in [0.05, 0.1) is 24.5 Å². The summed E-state index contributed by atoms with van der Waals surface area (Å²) in [7, 11) is 0. The molecule has 1 aromatic heterocycles. The second kappa shape index (κ2) is 5.67. The molecule has 0 amide bonds. The smallest absolute Gasteiger partial charge is 0.268 e. The van der Waals surface area contributed by atoms with E-state index in [0.29, 0.717) is 5.56 Å². The van der Waals surface area contributed by atoms with E-state index in [9.17, 15) is 9.18 Å². The Labute approximate surface area is 126 Å². The summed E-state index contributed by atoms with van der Waals surface area (Å²) < 4.78 is 15.3. The number of nitriles is 1. The minimum Gasteiger partial charge on any atom is -0.294 e. The summed E-state index contributed by atoms with van der Waals surface area (Å²) in [5, 5.41) is 8.78. The molecule has 0 unspecified atom stereocenters. The van der Waals surface area contributed by atoms with Gasteiger partial charge in [-0.15, -0.1) is 0 Å². The van der Waals surface area contributed by atoms with Crippen LogP contribution < -0.4 is 5.56 Å². The number of hydrogen-bond donors (Lipinski definition) is 0. The monoisotopic (exact) mass is 389 g/mol. The summed E-state index contributed by atoms with van der Waals surface area (Å²) in [5.41, 5.74) is 0.211. The van der Waals surface area contributed by atoms with Gasteiger partial charge in [0.15, 0.2) is 0 Å². The van der Waals surface area contributed by atoms with E-state index in [0.717, 1.165) is 6.07 Å². The van der Waals surface area contributed by atoms with Crippen molar-refractivity contribution in [3.8, 4) is 6.07 Å². The Hall–Kier alpha value is -1.46. The number of aromatic nitrogens is 2. The fourth-order valence-electron chi connectivity index (χ4n) is 1.49. The summed E-state index contributed by atoms with van der Waals surface area (Å²) >= 11 is 7.51. The highest BCUT2D eigenvalue weighted by molar-refractivity contribution is 14.1. The Morgan fingerprint density at radius 2 is 2.26 bits per heavy atom. The molecule has 2 aromatic rings. The zero-order valence-electron chi connectivity index (χ0n) is 9.40. The van der Waals surface area contributed by atoms with Gasteiger partial charge in [-0.1, -0.05) is 17.7 Å².